The molecule has 7 heteroatoms. The number of urea groups is 1. The van der Waals surface area contributed by atoms with Gasteiger partial charge in [0.15, 0.2) is 11.6 Å². The average Bonchev–Trinajstić information content (AvgIpc) is 2.83. The highest BCUT2D eigenvalue weighted by Gasteiger charge is 2.49. The lowest BCUT2D eigenvalue weighted by molar-refractivity contribution is -0.131. The monoisotopic (exact) mass is 341 g/mol. The SMILES string of the molecule is C[C@]1(c2cccc(C#N)c2)NC(=O)N(Cc2cccc(F)c2F)C1=O. The van der Waals surface area contributed by atoms with E-state index in [9.17, 15) is 18.4 Å². The average molecular weight is 341 g/mol. The van der Waals surface area contributed by atoms with Crippen molar-refractivity contribution in [3.8, 4) is 6.07 Å². The summed E-state index contributed by atoms with van der Waals surface area (Å²) in [5.74, 6) is -2.74. The van der Waals surface area contributed by atoms with Gasteiger partial charge in [-0.2, -0.15) is 5.26 Å². The summed E-state index contributed by atoms with van der Waals surface area (Å²) in [6.45, 7) is 1.12. The Kier molecular flexibility index (Phi) is 3.97. The van der Waals surface area contributed by atoms with E-state index in [2.05, 4.69) is 5.32 Å². The van der Waals surface area contributed by atoms with E-state index < -0.39 is 29.1 Å². The van der Waals surface area contributed by atoms with E-state index in [0.29, 0.717) is 11.1 Å². The molecule has 5 nitrogen and oxygen atoms in total. The van der Waals surface area contributed by atoms with E-state index in [-0.39, 0.29) is 12.1 Å². The molecule has 0 aliphatic carbocycles. The molecule has 2 aromatic rings. The summed E-state index contributed by atoms with van der Waals surface area (Å²) in [6.07, 6.45) is 0. The van der Waals surface area contributed by atoms with Gasteiger partial charge in [-0.3, -0.25) is 9.69 Å². The number of hydrogen-bond acceptors (Lipinski definition) is 3. The second-order valence-electron chi connectivity index (χ2n) is 5.85. The van der Waals surface area contributed by atoms with E-state index in [0.717, 1.165) is 11.0 Å². The number of nitrogens with zero attached hydrogens (tertiary/aromatic N) is 2. The van der Waals surface area contributed by atoms with E-state index >= 15 is 0 Å². The van der Waals surface area contributed by atoms with Crippen LogP contribution in [0.1, 0.15) is 23.6 Å². The summed E-state index contributed by atoms with van der Waals surface area (Å²) < 4.78 is 27.2. The third-order valence-electron chi connectivity index (χ3n) is 4.20. The van der Waals surface area contributed by atoms with Crippen LogP contribution in [0.25, 0.3) is 0 Å². The maximum atomic E-state index is 13.8. The minimum atomic E-state index is -1.38. The fourth-order valence-corrected chi connectivity index (χ4v) is 2.78. The Bertz CT molecular complexity index is 923. The Labute approximate surface area is 142 Å². The Morgan fingerprint density at radius 1 is 1.20 bits per heavy atom. The quantitative estimate of drug-likeness (QED) is 0.873. The molecular formula is C18H13F2N3O2. The van der Waals surface area contributed by atoms with Crippen molar-refractivity contribution in [1.82, 2.24) is 10.2 Å². The number of benzene rings is 2. The number of halogens is 2. The number of amides is 3. The van der Waals surface area contributed by atoms with Gasteiger partial charge in [0.1, 0.15) is 5.54 Å². The summed E-state index contributed by atoms with van der Waals surface area (Å²) in [6, 6.07) is 11.1. The third-order valence-corrected chi connectivity index (χ3v) is 4.20. The highest BCUT2D eigenvalue weighted by molar-refractivity contribution is 6.07. The van der Waals surface area contributed by atoms with Crippen molar-refractivity contribution in [2.24, 2.45) is 0 Å². The van der Waals surface area contributed by atoms with Gasteiger partial charge in [-0.05, 0) is 30.7 Å². The summed E-state index contributed by atoms with van der Waals surface area (Å²) >= 11 is 0. The molecule has 0 radical (unpaired) electrons. The van der Waals surface area contributed by atoms with Crippen LogP contribution in [-0.2, 0) is 16.9 Å². The summed E-state index contributed by atoms with van der Waals surface area (Å²) in [7, 11) is 0. The normalized spacial score (nSPS) is 19.7. The predicted molar refractivity (Wildman–Crippen MR) is 83.9 cm³/mol. The van der Waals surface area contributed by atoms with Crippen molar-refractivity contribution in [3.63, 3.8) is 0 Å². The largest absolute Gasteiger partial charge is 0.325 e. The molecule has 1 N–H and O–H groups in total. The highest BCUT2D eigenvalue weighted by Crippen LogP contribution is 2.30. The van der Waals surface area contributed by atoms with Crippen LogP contribution in [0.4, 0.5) is 13.6 Å². The first-order valence-electron chi connectivity index (χ1n) is 7.44. The molecule has 3 amide bonds. The number of hydrogen-bond donors (Lipinski definition) is 1. The van der Waals surface area contributed by atoms with Gasteiger partial charge in [0.2, 0.25) is 0 Å². The van der Waals surface area contributed by atoms with Crippen LogP contribution in [0.5, 0.6) is 0 Å². The van der Waals surface area contributed by atoms with E-state index in [1.54, 1.807) is 18.2 Å². The number of nitrogens with one attached hydrogen (secondary N) is 1. The van der Waals surface area contributed by atoms with Crippen molar-refractivity contribution >= 4 is 11.9 Å². The lowest BCUT2D eigenvalue weighted by Gasteiger charge is -2.22. The van der Waals surface area contributed by atoms with Gasteiger partial charge in [0.05, 0.1) is 18.2 Å². The van der Waals surface area contributed by atoms with Gasteiger partial charge in [-0.15, -0.1) is 0 Å². The van der Waals surface area contributed by atoms with Crippen LogP contribution in [0.2, 0.25) is 0 Å². The number of rotatable bonds is 3. The molecule has 0 unspecified atom stereocenters. The maximum Gasteiger partial charge on any atom is 0.325 e. The first kappa shape index (κ1) is 16.6. The maximum absolute atomic E-state index is 13.8. The fourth-order valence-electron chi connectivity index (χ4n) is 2.78. The second-order valence-corrected chi connectivity index (χ2v) is 5.85. The standard InChI is InChI=1S/C18H13F2N3O2/c1-18(13-6-2-4-11(8-13)9-21)16(24)23(17(25)22-18)10-12-5-3-7-14(19)15(12)20/h2-8H,10H2,1H3,(H,22,25)/t18-/m1/s1. The molecule has 1 atom stereocenters. The molecule has 0 saturated carbocycles. The van der Waals surface area contributed by atoms with Crippen LogP contribution >= 0.6 is 0 Å². The Hall–Kier alpha value is -3.27. The van der Waals surface area contributed by atoms with Crippen LogP contribution in [-0.4, -0.2) is 16.8 Å². The molecule has 126 valence electrons. The summed E-state index contributed by atoms with van der Waals surface area (Å²) in [4.78, 5) is 25.9. The van der Waals surface area contributed by atoms with E-state index in [1.807, 2.05) is 6.07 Å². The zero-order valence-electron chi connectivity index (χ0n) is 13.2. The minimum absolute atomic E-state index is 0.0986. The molecule has 1 fully saturated rings. The molecule has 0 bridgehead atoms. The number of imide groups is 1. The van der Waals surface area contributed by atoms with Gasteiger partial charge >= 0.3 is 6.03 Å². The van der Waals surface area contributed by atoms with Gasteiger partial charge in [0, 0.05) is 5.56 Å². The minimum Gasteiger partial charge on any atom is -0.319 e. The van der Waals surface area contributed by atoms with Crippen molar-refractivity contribution < 1.29 is 18.4 Å². The lowest BCUT2D eigenvalue weighted by atomic mass is 9.91. The van der Waals surface area contributed by atoms with Gasteiger partial charge in [0.25, 0.3) is 5.91 Å². The van der Waals surface area contributed by atoms with Crippen LogP contribution < -0.4 is 5.32 Å². The molecule has 3 rings (SSSR count). The van der Waals surface area contributed by atoms with Crippen LogP contribution in [0, 0.1) is 23.0 Å². The zero-order valence-corrected chi connectivity index (χ0v) is 13.2. The number of carbonyl (C=O) groups excluding carboxylic acids is 2. The number of carbonyl (C=O) groups is 2. The molecule has 1 aliphatic rings. The van der Waals surface area contributed by atoms with E-state index in [4.69, 9.17) is 5.26 Å². The van der Waals surface area contributed by atoms with Gasteiger partial charge < -0.3 is 5.32 Å². The molecule has 0 spiro atoms. The van der Waals surface area contributed by atoms with Crippen LogP contribution in [0.3, 0.4) is 0 Å². The number of nitriles is 1. The second kappa shape index (κ2) is 5.98. The van der Waals surface area contributed by atoms with Gasteiger partial charge in [-0.25, -0.2) is 13.6 Å². The van der Waals surface area contributed by atoms with E-state index in [1.165, 1.54) is 25.1 Å². The topological polar surface area (TPSA) is 73.2 Å². The zero-order chi connectivity index (χ0) is 18.2. The van der Waals surface area contributed by atoms with Gasteiger partial charge in [-0.1, -0.05) is 24.3 Å². The Morgan fingerprint density at radius 2 is 1.92 bits per heavy atom. The smallest absolute Gasteiger partial charge is 0.319 e. The van der Waals surface area contributed by atoms with Crippen molar-refractivity contribution in [2.75, 3.05) is 0 Å². The lowest BCUT2D eigenvalue weighted by Crippen LogP contribution is -2.40. The molecule has 1 aliphatic heterocycles. The third kappa shape index (κ3) is 2.72. The molecule has 1 saturated heterocycles. The first-order valence-corrected chi connectivity index (χ1v) is 7.44. The molecule has 1 heterocycles. The summed E-state index contributed by atoms with van der Waals surface area (Å²) in [5.41, 5.74) is -0.700. The van der Waals surface area contributed by atoms with Crippen molar-refractivity contribution in [2.45, 2.75) is 19.0 Å². The molecule has 0 aromatic heterocycles. The Morgan fingerprint density at radius 3 is 2.64 bits per heavy atom. The highest BCUT2D eigenvalue weighted by atomic mass is 19.2. The fraction of sp³-hybridized carbons (Fsp3) is 0.167. The molecular weight excluding hydrogens is 328 g/mol. The predicted octanol–water partition coefficient (Wildman–Crippen LogP) is 2.80. The summed E-state index contributed by atoms with van der Waals surface area (Å²) in [5, 5.41) is 11.6. The van der Waals surface area contributed by atoms with Crippen molar-refractivity contribution in [3.05, 3.63) is 70.8 Å². The Balaban J connectivity index is 1.94. The van der Waals surface area contributed by atoms with Crippen LogP contribution in [0.15, 0.2) is 42.5 Å². The first-order chi connectivity index (χ1) is 11.9. The molecule has 25 heavy (non-hydrogen) atoms. The van der Waals surface area contributed by atoms with Crippen molar-refractivity contribution in [1.29, 1.82) is 5.26 Å². The molecule has 2 aromatic carbocycles.